The van der Waals surface area contributed by atoms with Gasteiger partial charge >= 0.3 is 5.97 Å². The summed E-state index contributed by atoms with van der Waals surface area (Å²) in [6.07, 6.45) is 0. The van der Waals surface area contributed by atoms with Gasteiger partial charge in [0.2, 0.25) is 5.76 Å². The Morgan fingerprint density at radius 1 is 0.971 bits per heavy atom. The van der Waals surface area contributed by atoms with Gasteiger partial charge in [-0.1, -0.05) is 12.1 Å². The van der Waals surface area contributed by atoms with Crippen molar-refractivity contribution < 1.29 is 27.9 Å². The average molecular weight is 459 g/mol. The topological polar surface area (TPSA) is 86.0 Å². The molecule has 0 fully saturated rings. The molecule has 8 heteroatoms. The predicted octanol–water partition coefficient (Wildman–Crippen LogP) is 4.48. The molecule has 1 unspecified atom stereocenters. The van der Waals surface area contributed by atoms with E-state index in [9.17, 15) is 18.8 Å². The number of anilines is 1. The SMILES string of the molecule is COC(=O)c1ccc(C2c3c(oc4ccc(F)cc4c3=O)C(=O)N2c2ccc(OC)cc2)cc1. The Morgan fingerprint density at radius 2 is 1.68 bits per heavy atom. The molecule has 1 amide bonds. The predicted molar refractivity (Wildman–Crippen MR) is 122 cm³/mol. The zero-order valence-electron chi connectivity index (χ0n) is 18.2. The Hall–Kier alpha value is -4.46. The fourth-order valence-electron chi connectivity index (χ4n) is 4.19. The highest BCUT2D eigenvalue weighted by Crippen LogP contribution is 2.41. The number of amides is 1. The molecule has 34 heavy (non-hydrogen) atoms. The molecule has 0 aliphatic carbocycles. The molecule has 0 saturated heterocycles. The fourth-order valence-corrected chi connectivity index (χ4v) is 4.19. The number of carbonyl (C=O) groups excluding carboxylic acids is 2. The number of benzene rings is 3. The molecule has 0 radical (unpaired) electrons. The van der Waals surface area contributed by atoms with Crippen molar-refractivity contribution in [3.63, 3.8) is 0 Å². The molecule has 1 aliphatic heterocycles. The van der Waals surface area contributed by atoms with Crippen molar-refractivity contribution in [2.24, 2.45) is 0 Å². The van der Waals surface area contributed by atoms with Crippen LogP contribution in [0.1, 0.15) is 38.1 Å². The third kappa shape index (κ3) is 3.31. The van der Waals surface area contributed by atoms with Gasteiger partial charge in [0, 0.05) is 5.69 Å². The molecular weight excluding hydrogens is 441 g/mol. The highest BCUT2D eigenvalue weighted by Gasteiger charge is 2.43. The van der Waals surface area contributed by atoms with E-state index in [2.05, 4.69) is 0 Å². The molecule has 3 aromatic carbocycles. The lowest BCUT2D eigenvalue weighted by atomic mass is 9.97. The maximum absolute atomic E-state index is 13.9. The molecule has 170 valence electrons. The summed E-state index contributed by atoms with van der Waals surface area (Å²) in [5.41, 5.74) is 1.12. The van der Waals surface area contributed by atoms with Gasteiger partial charge in [0.15, 0.2) is 5.43 Å². The van der Waals surface area contributed by atoms with Crippen LogP contribution in [0.3, 0.4) is 0 Å². The lowest BCUT2D eigenvalue weighted by Gasteiger charge is -2.25. The van der Waals surface area contributed by atoms with E-state index in [0.29, 0.717) is 22.6 Å². The first kappa shape index (κ1) is 21.4. The first-order valence-corrected chi connectivity index (χ1v) is 10.3. The minimum Gasteiger partial charge on any atom is -0.497 e. The Labute approximate surface area is 192 Å². The van der Waals surface area contributed by atoms with Gasteiger partial charge in [0.1, 0.15) is 17.1 Å². The second-order valence-corrected chi connectivity index (χ2v) is 7.70. The summed E-state index contributed by atoms with van der Waals surface area (Å²) >= 11 is 0. The summed E-state index contributed by atoms with van der Waals surface area (Å²) in [5, 5.41) is 0.0410. The van der Waals surface area contributed by atoms with Crippen molar-refractivity contribution in [2.75, 3.05) is 19.1 Å². The van der Waals surface area contributed by atoms with Gasteiger partial charge in [-0.3, -0.25) is 14.5 Å². The number of esters is 1. The van der Waals surface area contributed by atoms with Crippen molar-refractivity contribution in [3.05, 3.63) is 105 Å². The zero-order valence-corrected chi connectivity index (χ0v) is 18.2. The van der Waals surface area contributed by atoms with Crippen LogP contribution < -0.4 is 15.1 Å². The van der Waals surface area contributed by atoms with Gasteiger partial charge in [-0.25, -0.2) is 9.18 Å². The molecule has 0 N–H and O–H groups in total. The standard InChI is InChI=1S/C26H18FNO6/c1-32-18-10-8-17(9-11-18)28-22(14-3-5-15(6-4-14)26(31)33-2)21-23(29)19-13-16(27)7-12-20(19)34-24(21)25(28)30/h3-13,22H,1-2H3. The highest BCUT2D eigenvalue weighted by atomic mass is 19.1. The molecule has 7 nitrogen and oxygen atoms in total. The molecule has 2 heterocycles. The van der Waals surface area contributed by atoms with Gasteiger partial charge < -0.3 is 13.9 Å². The van der Waals surface area contributed by atoms with Crippen molar-refractivity contribution in [3.8, 4) is 5.75 Å². The van der Waals surface area contributed by atoms with Crippen LogP contribution in [0.4, 0.5) is 10.1 Å². The Kier molecular flexibility index (Phi) is 5.13. The van der Waals surface area contributed by atoms with Gasteiger partial charge in [-0.15, -0.1) is 0 Å². The Balaban J connectivity index is 1.74. The second-order valence-electron chi connectivity index (χ2n) is 7.70. The van der Waals surface area contributed by atoms with Gasteiger partial charge in [0.05, 0.1) is 36.8 Å². The molecule has 0 spiro atoms. The summed E-state index contributed by atoms with van der Waals surface area (Å²) in [6, 6.07) is 15.9. The minimum absolute atomic E-state index is 0.0410. The third-order valence-electron chi connectivity index (χ3n) is 5.83. The molecular formula is C26H18FNO6. The average Bonchev–Trinajstić information content (AvgIpc) is 3.16. The normalized spacial score (nSPS) is 14.9. The van der Waals surface area contributed by atoms with Gasteiger partial charge in [0.25, 0.3) is 5.91 Å². The summed E-state index contributed by atoms with van der Waals surface area (Å²) in [5.74, 6) is -1.12. The van der Waals surface area contributed by atoms with E-state index in [-0.39, 0.29) is 22.3 Å². The van der Waals surface area contributed by atoms with Gasteiger partial charge in [-0.05, 0) is 60.2 Å². The van der Waals surface area contributed by atoms with E-state index >= 15 is 0 Å². The van der Waals surface area contributed by atoms with Crippen LogP contribution in [-0.4, -0.2) is 26.1 Å². The maximum atomic E-state index is 13.9. The van der Waals surface area contributed by atoms with Crippen molar-refractivity contribution in [1.82, 2.24) is 0 Å². The van der Waals surface area contributed by atoms with E-state index in [0.717, 1.165) is 6.07 Å². The van der Waals surface area contributed by atoms with Crippen LogP contribution in [0.2, 0.25) is 0 Å². The number of hydrogen-bond acceptors (Lipinski definition) is 6. The highest BCUT2D eigenvalue weighted by molar-refractivity contribution is 6.10. The zero-order chi connectivity index (χ0) is 24.0. The Bertz CT molecular complexity index is 1490. The lowest BCUT2D eigenvalue weighted by molar-refractivity contribution is 0.0600. The van der Waals surface area contributed by atoms with E-state index < -0.39 is 29.2 Å². The molecule has 1 aromatic heterocycles. The number of hydrogen-bond donors (Lipinski definition) is 0. The smallest absolute Gasteiger partial charge is 0.337 e. The van der Waals surface area contributed by atoms with Crippen LogP contribution in [0.15, 0.2) is 75.9 Å². The number of halogens is 1. The lowest BCUT2D eigenvalue weighted by Crippen LogP contribution is -2.29. The number of nitrogens with zero attached hydrogens (tertiary/aromatic N) is 1. The van der Waals surface area contributed by atoms with Crippen LogP contribution >= 0.6 is 0 Å². The molecule has 1 aliphatic rings. The van der Waals surface area contributed by atoms with E-state index in [1.807, 2.05) is 0 Å². The quantitative estimate of drug-likeness (QED) is 0.419. The number of ether oxygens (including phenoxy) is 2. The third-order valence-corrected chi connectivity index (χ3v) is 5.83. The number of methoxy groups -OCH3 is 2. The molecule has 1 atom stereocenters. The molecule has 0 bridgehead atoms. The monoisotopic (exact) mass is 459 g/mol. The number of fused-ring (bicyclic) bond motifs is 2. The van der Waals surface area contributed by atoms with Crippen LogP contribution in [0, 0.1) is 5.82 Å². The van der Waals surface area contributed by atoms with Crippen molar-refractivity contribution in [1.29, 1.82) is 0 Å². The van der Waals surface area contributed by atoms with Crippen LogP contribution in [-0.2, 0) is 4.74 Å². The first-order chi connectivity index (χ1) is 16.4. The van der Waals surface area contributed by atoms with Crippen LogP contribution in [0.5, 0.6) is 5.75 Å². The molecule has 4 aromatic rings. The maximum Gasteiger partial charge on any atom is 0.337 e. The first-order valence-electron chi connectivity index (χ1n) is 10.3. The van der Waals surface area contributed by atoms with Gasteiger partial charge in [-0.2, -0.15) is 0 Å². The Morgan fingerprint density at radius 3 is 2.32 bits per heavy atom. The van der Waals surface area contributed by atoms with Crippen molar-refractivity contribution >= 4 is 28.5 Å². The van der Waals surface area contributed by atoms with Crippen molar-refractivity contribution in [2.45, 2.75) is 6.04 Å². The minimum atomic E-state index is -0.855. The van der Waals surface area contributed by atoms with E-state index in [1.54, 1.807) is 48.5 Å². The largest absolute Gasteiger partial charge is 0.497 e. The molecule has 0 saturated carbocycles. The summed E-state index contributed by atoms with van der Waals surface area (Å²) in [6.45, 7) is 0. The number of carbonyl (C=O) groups is 2. The summed E-state index contributed by atoms with van der Waals surface area (Å²) < 4.78 is 29.7. The van der Waals surface area contributed by atoms with E-state index in [1.165, 1.54) is 31.3 Å². The second kappa shape index (κ2) is 8.15. The number of rotatable bonds is 4. The summed E-state index contributed by atoms with van der Waals surface area (Å²) in [7, 11) is 2.81. The molecule has 5 rings (SSSR count). The summed E-state index contributed by atoms with van der Waals surface area (Å²) in [4.78, 5) is 40.4. The fraction of sp³-hybridized carbons (Fsp3) is 0.115. The van der Waals surface area contributed by atoms with E-state index in [4.69, 9.17) is 13.9 Å². The van der Waals surface area contributed by atoms with Crippen LogP contribution in [0.25, 0.3) is 11.0 Å².